The van der Waals surface area contributed by atoms with Crippen LogP contribution >= 0.6 is 0 Å². The summed E-state index contributed by atoms with van der Waals surface area (Å²) in [5.74, 6) is -1.03. The number of oxime groups is 2. The second-order valence-corrected chi connectivity index (χ2v) is 20.1. The first kappa shape index (κ1) is 50.8. The summed E-state index contributed by atoms with van der Waals surface area (Å²) in [5.41, 5.74) is 15.3. The van der Waals surface area contributed by atoms with Gasteiger partial charge in [0.25, 0.3) is 0 Å². The normalized spacial score (nSPS) is 12.1. The zero-order valence-corrected chi connectivity index (χ0v) is 44.3. The van der Waals surface area contributed by atoms with Crippen LogP contribution in [0.2, 0.25) is 0 Å². The predicted molar refractivity (Wildman–Crippen MR) is 306 cm³/mol. The quantitative estimate of drug-likeness (QED) is 0.0312. The van der Waals surface area contributed by atoms with Crippen LogP contribution in [-0.2, 0) is 32.4 Å². The summed E-state index contributed by atoms with van der Waals surface area (Å²) < 4.78 is 4.76. The molecule has 0 saturated carbocycles. The van der Waals surface area contributed by atoms with E-state index in [1.807, 2.05) is 120 Å². The number of hydrogen-bond donors (Lipinski definition) is 0. The minimum absolute atomic E-state index is 0.00899. The molecular weight excluding hydrogens is 945 g/mol. The fourth-order valence-electron chi connectivity index (χ4n) is 11.2. The second kappa shape index (κ2) is 21.2. The number of aryl methyl sites for hydroxylation is 7. The van der Waals surface area contributed by atoms with Crippen molar-refractivity contribution in [2.75, 3.05) is 0 Å². The largest absolute Gasteiger partial charge is 0.340 e. The van der Waals surface area contributed by atoms with Crippen LogP contribution in [-0.4, -0.2) is 44.1 Å². The van der Waals surface area contributed by atoms with Gasteiger partial charge in [0, 0.05) is 104 Å². The zero-order chi connectivity index (χ0) is 53.4. The molecule has 0 amide bonds. The molecule has 0 atom stereocenters. The summed E-state index contributed by atoms with van der Waals surface area (Å²) in [6.45, 7) is 16.0. The summed E-state index contributed by atoms with van der Waals surface area (Å²) in [7, 11) is 0. The lowest BCUT2D eigenvalue weighted by molar-refractivity contribution is -0.141. The van der Waals surface area contributed by atoms with Crippen LogP contribution in [0, 0.1) is 34.6 Å². The van der Waals surface area contributed by atoms with Crippen molar-refractivity contribution >= 4 is 89.3 Å². The molecule has 10 rings (SSSR count). The fourth-order valence-corrected chi connectivity index (χ4v) is 11.2. The maximum Gasteiger partial charge on any atom is 0.332 e. The minimum Gasteiger partial charge on any atom is -0.340 e. The van der Waals surface area contributed by atoms with E-state index in [9.17, 15) is 19.2 Å². The summed E-state index contributed by atoms with van der Waals surface area (Å²) in [4.78, 5) is 63.0. The minimum atomic E-state index is -0.510. The average Bonchev–Trinajstić information content (AvgIpc) is 3.91. The van der Waals surface area contributed by atoms with Crippen LogP contribution in [0.5, 0.6) is 0 Å². The Labute approximate surface area is 442 Å². The number of unbranched alkanes of at least 4 members (excludes halogenated alkanes) is 3. The van der Waals surface area contributed by atoms with Gasteiger partial charge >= 0.3 is 11.9 Å². The van der Waals surface area contributed by atoms with Crippen LogP contribution in [0.1, 0.15) is 123 Å². The van der Waals surface area contributed by atoms with E-state index in [4.69, 9.17) is 9.68 Å². The van der Waals surface area contributed by atoms with Crippen LogP contribution in [0.15, 0.2) is 156 Å². The topological polar surface area (TPSA) is 121 Å². The number of aromatic nitrogens is 2. The molecule has 0 N–H and O–H groups in total. The first-order chi connectivity index (χ1) is 36.7. The third kappa shape index (κ3) is 9.74. The summed E-state index contributed by atoms with van der Waals surface area (Å²) in [5, 5.41) is 14.3. The van der Waals surface area contributed by atoms with E-state index in [2.05, 4.69) is 87.0 Å². The maximum absolute atomic E-state index is 14.9. The lowest BCUT2D eigenvalue weighted by atomic mass is 9.89. The molecule has 0 aliphatic heterocycles. The number of benzene rings is 8. The van der Waals surface area contributed by atoms with Gasteiger partial charge < -0.3 is 18.8 Å². The van der Waals surface area contributed by atoms with Gasteiger partial charge in [0.05, 0.1) is 11.2 Å². The Kier molecular flexibility index (Phi) is 14.2. The highest BCUT2D eigenvalue weighted by Crippen LogP contribution is 2.39. The Morgan fingerprint density at radius 3 is 1.55 bits per heavy atom. The Hall–Kier alpha value is -8.76. The van der Waals surface area contributed by atoms with E-state index >= 15 is 0 Å². The third-order valence-electron chi connectivity index (χ3n) is 14.7. The predicted octanol–water partition coefficient (Wildman–Crippen LogP) is 14.9. The summed E-state index contributed by atoms with van der Waals surface area (Å²) >= 11 is 0. The smallest absolute Gasteiger partial charge is 0.332 e. The van der Waals surface area contributed by atoms with Crippen molar-refractivity contribution in [1.29, 1.82) is 0 Å². The number of fused-ring (bicyclic) bond motifs is 8. The number of nitrogens with zero attached hydrogens (tertiary/aromatic N) is 4. The van der Waals surface area contributed by atoms with Crippen LogP contribution in [0.25, 0.3) is 54.4 Å². The molecule has 0 fully saturated rings. The van der Waals surface area contributed by atoms with Gasteiger partial charge in [-0.25, -0.2) is 9.59 Å². The molecule has 2 aromatic heterocycles. The van der Waals surface area contributed by atoms with E-state index in [0.717, 1.165) is 143 Å². The molecule has 380 valence electrons. The highest BCUT2D eigenvalue weighted by Gasteiger charge is 2.24. The molecule has 10 nitrogen and oxygen atoms in total. The first-order valence-electron chi connectivity index (χ1n) is 26.0. The molecule has 0 saturated heterocycles. The Morgan fingerprint density at radius 1 is 0.421 bits per heavy atom. The fraction of sp³-hybridized carbons (Fsp3) is 0.212. The average molecular weight is 1010 g/mol. The van der Waals surface area contributed by atoms with E-state index < -0.39 is 11.9 Å². The molecule has 0 radical (unpaired) electrons. The molecule has 10 aromatic rings. The van der Waals surface area contributed by atoms with Crippen LogP contribution < -0.4 is 0 Å². The van der Waals surface area contributed by atoms with E-state index in [1.54, 1.807) is 0 Å². The van der Waals surface area contributed by atoms with Gasteiger partial charge in [-0.2, -0.15) is 0 Å². The molecule has 76 heavy (non-hydrogen) atoms. The van der Waals surface area contributed by atoms with Crippen molar-refractivity contribution in [3.8, 4) is 0 Å². The van der Waals surface area contributed by atoms with Crippen LogP contribution in [0.4, 0.5) is 0 Å². The van der Waals surface area contributed by atoms with Gasteiger partial charge in [-0.05, 0) is 136 Å². The highest BCUT2D eigenvalue weighted by molar-refractivity contribution is 6.27. The van der Waals surface area contributed by atoms with Crippen molar-refractivity contribution in [3.05, 3.63) is 212 Å². The number of hydrogen-bond acceptors (Lipinski definition) is 8. The molecule has 0 aliphatic carbocycles. The molecule has 0 bridgehead atoms. The van der Waals surface area contributed by atoms with Gasteiger partial charge in [0.1, 0.15) is 5.71 Å². The number of ketones is 2. The van der Waals surface area contributed by atoms with Crippen molar-refractivity contribution in [2.45, 2.75) is 94.2 Å². The third-order valence-corrected chi connectivity index (χ3v) is 14.7. The van der Waals surface area contributed by atoms with Crippen molar-refractivity contribution in [2.24, 2.45) is 10.3 Å². The van der Waals surface area contributed by atoms with Gasteiger partial charge in [0.15, 0.2) is 11.6 Å². The standard InChI is InChI=1S/C66H60N4O6/c1-39-33-42(4)62(43(5)34-39)66(74)58-38-57-56-36-48(63(68-76-46(8)72)50-21-13-11-19-40(50)2)26-29-61(56)70(64(57)53-24-16-15-23-52(53)58)32-18-10-9-17-31-69-59-28-25-47(44(6)67-75-45(7)71)35-54(59)55-37-49(27-30-60(55)69)65(73)51-22-14-12-20-41(51)3/h11-16,19-30,33-38H,9-10,17-18,31-32H2,1-8H3. The van der Waals surface area contributed by atoms with E-state index in [0.29, 0.717) is 28.1 Å². The SMILES string of the molecule is CC(=O)ON=C(C)c1ccc2c(c1)c1cc(C(=O)c3ccccc3C)ccc1n2CCCCCCn1c2ccc(C(=NOC(C)=O)c3ccccc3C)cc2c2cc(C(=O)c3c(C)cc(C)cc3C)c3ccccc3c21. The van der Waals surface area contributed by atoms with Crippen molar-refractivity contribution < 1.29 is 28.9 Å². The van der Waals surface area contributed by atoms with Crippen LogP contribution in [0.3, 0.4) is 0 Å². The lowest BCUT2D eigenvalue weighted by Gasteiger charge is -2.14. The van der Waals surface area contributed by atoms with E-state index in [1.165, 1.54) is 13.8 Å². The van der Waals surface area contributed by atoms with Crippen molar-refractivity contribution in [3.63, 3.8) is 0 Å². The molecule has 0 spiro atoms. The maximum atomic E-state index is 14.9. The molecule has 0 unspecified atom stereocenters. The summed E-state index contributed by atoms with van der Waals surface area (Å²) in [6, 6.07) is 48.5. The van der Waals surface area contributed by atoms with Gasteiger partial charge in [-0.15, -0.1) is 0 Å². The van der Waals surface area contributed by atoms with Crippen molar-refractivity contribution in [1.82, 2.24) is 9.13 Å². The molecule has 8 aromatic carbocycles. The van der Waals surface area contributed by atoms with E-state index in [-0.39, 0.29) is 11.6 Å². The summed E-state index contributed by atoms with van der Waals surface area (Å²) in [6.07, 6.45) is 3.76. The molecule has 0 aliphatic rings. The molecular formula is C66H60N4O6. The zero-order valence-electron chi connectivity index (χ0n) is 44.3. The second-order valence-electron chi connectivity index (χ2n) is 20.1. The highest BCUT2D eigenvalue weighted by atomic mass is 16.7. The van der Waals surface area contributed by atoms with Gasteiger partial charge in [0.2, 0.25) is 0 Å². The Bertz CT molecular complexity index is 4050. The van der Waals surface area contributed by atoms with Gasteiger partial charge in [-0.3, -0.25) is 9.59 Å². The molecule has 10 heteroatoms. The van der Waals surface area contributed by atoms with Gasteiger partial charge in [-0.1, -0.05) is 126 Å². The Balaban J connectivity index is 0.997. The monoisotopic (exact) mass is 1000 g/mol. The first-order valence-corrected chi connectivity index (χ1v) is 26.0. The molecule has 2 heterocycles. The number of carbonyl (C=O) groups is 4. The lowest BCUT2D eigenvalue weighted by Crippen LogP contribution is -2.08. The number of rotatable bonds is 16. The number of carbonyl (C=O) groups excluding carboxylic acids is 4. The Morgan fingerprint density at radius 2 is 0.921 bits per heavy atom.